The summed E-state index contributed by atoms with van der Waals surface area (Å²) in [6, 6.07) is 1.88. The van der Waals surface area contributed by atoms with Crippen molar-refractivity contribution >= 4 is 12.4 Å². The van der Waals surface area contributed by atoms with Gasteiger partial charge in [0, 0.05) is 18.3 Å². The van der Waals surface area contributed by atoms with Crippen LogP contribution in [0, 0.1) is 0 Å². The minimum Gasteiger partial charge on any atom is -0.288 e. The molecule has 0 amide bonds. The van der Waals surface area contributed by atoms with Gasteiger partial charge in [-0.05, 0) is 31.9 Å². The van der Waals surface area contributed by atoms with Crippen LogP contribution in [0.25, 0.3) is 0 Å². The first kappa shape index (κ1) is 17.9. The molecular formula is C14H12F6N2. The lowest BCUT2D eigenvalue weighted by Gasteiger charge is -2.18. The van der Waals surface area contributed by atoms with Crippen molar-refractivity contribution in [2.24, 2.45) is 9.98 Å². The normalized spacial score (nSPS) is 14.2. The molecule has 22 heavy (non-hydrogen) atoms. The Morgan fingerprint density at radius 2 is 1.50 bits per heavy atom. The van der Waals surface area contributed by atoms with E-state index < -0.39 is 34.8 Å². The summed E-state index contributed by atoms with van der Waals surface area (Å²) in [6.45, 7) is 4.56. The fourth-order valence-electron chi connectivity index (χ4n) is 1.79. The Balaban J connectivity index is 3.78. The molecule has 0 fully saturated rings. The molecule has 0 aromatic heterocycles. The molecule has 0 atom stereocenters. The maximum absolute atomic E-state index is 13.1. The number of allylic oxidation sites excluding steroid dienone is 2. The molecule has 0 unspecified atom stereocenters. The van der Waals surface area contributed by atoms with Crippen LogP contribution in [-0.4, -0.2) is 19.5 Å². The largest absolute Gasteiger partial charge is 0.417 e. The van der Waals surface area contributed by atoms with Crippen LogP contribution < -0.4 is 0 Å². The Labute approximate surface area is 122 Å². The zero-order valence-corrected chi connectivity index (χ0v) is 11.7. The summed E-state index contributed by atoms with van der Waals surface area (Å²) < 4.78 is 78.3. The maximum Gasteiger partial charge on any atom is 0.417 e. The molecule has 0 aliphatic rings. The maximum atomic E-state index is 13.1. The Kier molecular flexibility index (Phi) is 5.16. The van der Waals surface area contributed by atoms with Crippen molar-refractivity contribution in [3.05, 3.63) is 46.7 Å². The summed E-state index contributed by atoms with van der Waals surface area (Å²) in [5.41, 5.74) is -4.16. The van der Waals surface area contributed by atoms with Gasteiger partial charge in [0.2, 0.25) is 0 Å². The molecule has 0 radical (unpaired) electrons. The number of hydrogen-bond acceptors (Lipinski definition) is 2. The fourth-order valence-corrected chi connectivity index (χ4v) is 1.79. The second kappa shape index (κ2) is 6.33. The molecule has 0 spiro atoms. The molecular weight excluding hydrogens is 310 g/mol. The van der Waals surface area contributed by atoms with E-state index in [4.69, 9.17) is 0 Å². The van der Waals surface area contributed by atoms with Crippen molar-refractivity contribution in [1.82, 2.24) is 0 Å². The number of benzene rings is 1. The summed E-state index contributed by atoms with van der Waals surface area (Å²) in [4.78, 5) is 7.00. The van der Waals surface area contributed by atoms with E-state index in [1.807, 2.05) is 0 Å². The minimum absolute atomic E-state index is 0.144. The van der Waals surface area contributed by atoms with Gasteiger partial charge in [-0.25, -0.2) is 0 Å². The molecule has 0 N–H and O–H groups in total. The minimum atomic E-state index is -4.95. The van der Waals surface area contributed by atoms with Gasteiger partial charge in [-0.2, -0.15) is 26.3 Å². The standard InChI is InChI=1S/C14H12F6N2/c1-8(21-2)7-11(22-3)12-9(13(15,16)17)5-4-6-10(12)14(18,19)20/h4-7H,2H2,1,3H3/b8-7-,22-11?. The average molecular weight is 322 g/mol. The lowest BCUT2D eigenvalue weighted by atomic mass is 9.95. The topological polar surface area (TPSA) is 24.7 Å². The van der Waals surface area contributed by atoms with Crippen LogP contribution in [0.3, 0.4) is 0 Å². The molecule has 8 heteroatoms. The zero-order valence-electron chi connectivity index (χ0n) is 11.7. The smallest absolute Gasteiger partial charge is 0.288 e. The third-order valence-corrected chi connectivity index (χ3v) is 2.77. The molecule has 1 aromatic rings. The lowest BCUT2D eigenvalue weighted by Crippen LogP contribution is -2.19. The van der Waals surface area contributed by atoms with Crippen LogP contribution >= 0.6 is 0 Å². The van der Waals surface area contributed by atoms with E-state index in [9.17, 15) is 26.3 Å². The van der Waals surface area contributed by atoms with Crippen LogP contribution in [0.2, 0.25) is 0 Å². The van der Waals surface area contributed by atoms with Gasteiger partial charge < -0.3 is 0 Å². The van der Waals surface area contributed by atoms with Crippen LogP contribution in [-0.2, 0) is 12.4 Å². The number of halogens is 6. The Hall–Kier alpha value is -2.12. The predicted octanol–water partition coefficient (Wildman–Crippen LogP) is 4.75. The molecule has 0 saturated heterocycles. The summed E-state index contributed by atoms with van der Waals surface area (Å²) in [5, 5.41) is 0. The van der Waals surface area contributed by atoms with E-state index >= 15 is 0 Å². The van der Waals surface area contributed by atoms with Crippen molar-refractivity contribution < 1.29 is 26.3 Å². The van der Waals surface area contributed by atoms with Gasteiger partial charge in [-0.1, -0.05) is 6.07 Å². The van der Waals surface area contributed by atoms with Gasteiger partial charge in [0.1, 0.15) is 0 Å². The van der Waals surface area contributed by atoms with Gasteiger partial charge in [-0.3, -0.25) is 9.98 Å². The van der Waals surface area contributed by atoms with E-state index in [-0.39, 0.29) is 5.70 Å². The number of rotatable bonds is 3. The summed E-state index contributed by atoms with van der Waals surface area (Å²) in [6.07, 6.45) is -8.88. The Morgan fingerprint density at radius 3 is 1.82 bits per heavy atom. The molecule has 1 aromatic carbocycles. The van der Waals surface area contributed by atoms with E-state index in [1.54, 1.807) is 0 Å². The highest BCUT2D eigenvalue weighted by Gasteiger charge is 2.41. The van der Waals surface area contributed by atoms with Gasteiger partial charge in [0.25, 0.3) is 0 Å². The molecule has 0 aliphatic carbocycles. The number of nitrogens with zero attached hydrogens (tertiary/aromatic N) is 2. The number of alkyl halides is 6. The predicted molar refractivity (Wildman–Crippen MR) is 72.2 cm³/mol. The van der Waals surface area contributed by atoms with Crippen molar-refractivity contribution in [2.45, 2.75) is 19.3 Å². The second-order valence-electron chi connectivity index (χ2n) is 4.28. The summed E-state index contributed by atoms with van der Waals surface area (Å²) >= 11 is 0. The van der Waals surface area contributed by atoms with Crippen LogP contribution in [0.5, 0.6) is 0 Å². The molecule has 0 heterocycles. The first-order valence-electron chi connectivity index (χ1n) is 5.92. The summed E-state index contributed by atoms with van der Waals surface area (Å²) in [7, 11) is 1.11. The van der Waals surface area contributed by atoms with Gasteiger partial charge >= 0.3 is 12.4 Å². The van der Waals surface area contributed by atoms with E-state index in [0.717, 1.165) is 13.1 Å². The average Bonchev–Trinajstić information content (AvgIpc) is 2.41. The molecule has 0 saturated carbocycles. The second-order valence-corrected chi connectivity index (χ2v) is 4.28. The first-order valence-corrected chi connectivity index (χ1v) is 5.92. The third-order valence-electron chi connectivity index (χ3n) is 2.77. The zero-order chi connectivity index (χ0) is 17.1. The van der Waals surface area contributed by atoms with Crippen molar-refractivity contribution in [2.75, 3.05) is 7.05 Å². The highest BCUT2D eigenvalue weighted by atomic mass is 19.4. The summed E-state index contributed by atoms with van der Waals surface area (Å²) in [5.74, 6) is 0. The van der Waals surface area contributed by atoms with Gasteiger partial charge in [0.15, 0.2) is 0 Å². The third kappa shape index (κ3) is 3.96. The van der Waals surface area contributed by atoms with Crippen molar-refractivity contribution in [1.29, 1.82) is 0 Å². The molecule has 120 valence electrons. The Morgan fingerprint density at radius 1 is 1.05 bits per heavy atom. The molecule has 0 aliphatic heterocycles. The Bertz CT molecular complexity index is 591. The van der Waals surface area contributed by atoms with E-state index in [2.05, 4.69) is 16.7 Å². The fraction of sp³-hybridized carbons (Fsp3) is 0.286. The molecule has 2 nitrogen and oxygen atoms in total. The monoisotopic (exact) mass is 322 g/mol. The van der Waals surface area contributed by atoms with Crippen LogP contribution in [0.4, 0.5) is 26.3 Å². The van der Waals surface area contributed by atoms with Crippen LogP contribution in [0.1, 0.15) is 23.6 Å². The van der Waals surface area contributed by atoms with E-state index in [0.29, 0.717) is 18.2 Å². The highest BCUT2D eigenvalue weighted by Crippen LogP contribution is 2.39. The van der Waals surface area contributed by atoms with Gasteiger partial charge in [0.05, 0.1) is 16.8 Å². The number of aliphatic imine (C=N–C) groups is 2. The first-order chi connectivity index (χ1) is 10.0. The van der Waals surface area contributed by atoms with Crippen molar-refractivity contribution in [3.63, 3.8) is 0 Å². The van der Waals surface area contributed by atoms with Crippen molar-refractivity contribution in [3.8, 4) is 0 Å². The molecule has 0 bridgehead atoms. The quantitative estimate of drug-likeness (QED) is 0.567. The SMILES string of the molecule is C=N/C(C)=C\C(=NC)c1c(C(F)(F)F)cccc1C(F)(F)F. The lowest BCUT2D eigenvalue weighted by molar-refractivity contribution is -0.143. The van der Waals surface area contributed by atoms with Gasteiger partial charge in [-0.15, -0.1) is 0 Å². The van der Waals surface area contributed by atoms with E-state index in [1.165, 1.54) is 6.92 Å². The van der Waals surface area contributed by atoms with Crippen LogP contribution in [0.15, 0.2) is 40.0 Å². The number of hydrogen-bond donors (Lipinski definition) is 0. The highest BCUT2D eigenvalue weighted by molar-refractivity contribution is 6.11. The molecule has 1 rings (SSSR count).